The number of thiophene rings is 1. The van der Waals surface area contributed by atoms with Gasteiger partial charge in [0.2, 0.25) is 0 Å². The zero-order chi connectivity index (χ0) is 18.8. The van der Waals surface area contributed by atoms with Crippen molar-refractivity contribution >= 4 is 28.1 Å². The second-order valence-corrected chi connectivity index (χ2v) is 6.72. The summed E-state index contributed by atoms with van der Waals surface area (Å²) in [6.45, 7) is 1.65. The fourth-order valence-electron chi connectivity index (χ4n) is 2.63. The van der Waals surface area contributed by atoms with Crippen molar-refractivity contribution in [2.75, 3.05) is 0 Å². The van der Waals surface area contributed by atoms with E-state index < -0.39 is 12.1 Å². The average Bonchev–Trinajstić information content (AvgIpc) is 3.35. The Kier molecular flexibility index (Phi) is 4.51. The highest BCUT2D eigenvalue weighted by Crippen LogP contribution is 2.26. The Morgan fingerprint density at radius 3 is 2.81 bits per heavy atom. The molecule has 0 aliphatic carbocycles. The molecule has 4 aromatic rings. The molecule has 3 aromatic heterocycles. The lowest BCUT2D eigenvalue weighted by Crippen LogP contribution is -2.16. The van der Waals surface area contributed by atoms with Crippen molar-refractivity contribution in [3.8, 4) is 10.8 Å². The van der Waals surface area contributed by atoms with E-state index in [2.05, 4.69) is 20.4 Å². The maximum absolute atomic E-state index is 12.3. The average molecular weight is 382 g/mol. The minimum atomic E-state index is -0.701. The van der Waals surface area contributed by atoms with Crippen LogP contribution in [0.15, 0.2) is 51.0 Å². The Morgan fingerprint density at radius 1 is 1.22 bits per heavy atom. The molecule has 8 nitrogen and oxygen atoms in total. The highest BCUT2D eigenvalue weighted by atomic mass is 32.1. The van der Waals surface area contributed by atoms with Crippen LogP contribution in [0.1, 0.15) is 24.6 Å². The molecule has 4 rings (SSSR count). The van der Waals surface area contributed by atoms with E-state index in [1.807, 2.05) is 17.5 Å². The molecule has 0 amide bonds. The summed E-state index contributed by atoms with van der Waals surface area (Å²) in [5.41, 5.74) is 0.134. The van der Waals surface area contributed by atoms with Crippen LogP contribution in [0, 0.1) is 0 Å². The van der Waals surface area contributed by atoms with E-state index in [9.17, 15) is 9.59 Å². The standard InChI is InChI=1S/C18H14N4O4S/c1-10(17-21-22-18(26-17)14-7-4-8-27-14)25-15(23)9-13-11-5-2-3-6-12(11)16(24)20-19-13/h2-8,10H,9H2,1H3,(H,20,24)/t10-/m1/s1. The molecule has 0 radical (unpaired) electrons. The maximum Gasteiger partial charge on any atom is 0.312 e. The number of carbonyl (C=O) groups excluding carboxylic acids is 1. The fourth-order valence-corrected chi connectivity index (χ4v) is 3.28. The number of nitrogens with one attached hydrogen (secondary N) is 1. The monoisotopic (exact) mass is 382 g/mol. The molecule has 0 saturated heterocycles. The summed E-state index contributed by atoms with van der Waals surface area (Å²) in [7, 11) is 0. The molecular formula is C18H14N4O4S. The first kappa shape index (κ1) is 17.1. The Hall–Kier alpha value is -3.33. The lowest BCUT2D eigenvalue weighted by Gasteiger charge is -2.09. The third kappa shape index (κ3) is 3.49. The zero-order valence-electron chi connectivity index (χ0n) is 14.2. The summed E-state index contributed by atoms with van der Waals surface area (Å²) in [5.74, 6) is 0.0882. The molecule has 0 bridgehead atoms. The summed E-state index contributed by atoms with van der Waals surface area (Å²) in [5, 5.41) is 17.3. The summed E-state index contributed by atoms with van der Waals surface area (Å²) in [6.07, 6.45) is -0.791. The fraction of sp³-hybridized carbons (Fsp3) is 0.167. The molecular weight excluding hydrogens is 368 g/mol. The first-order valence-corrected chi connectivity index (χ1v) is 9.03. The predicted octanol–water partition coefficient (Wildman–Crippen LogP) is 2.88. The van der Waals surface area contributed by atoms with Crippen molar-refractivity contribution in [1.82, 2.24) is 20.4 Å². The highest BCUT2D eigenvalue weighted by molar-refractivity contribution is 7.13. The molecule has 136 valence electrons. The van der Waals surface area contributed by atoms with Crippen LogP contribution in [0.4, 0.5) is 0 Å². The number of nitrogens with zero attached hydrogens (tertiary/aromatic N) is 3. The van der Waals surface area contributed by atoms with Crippen LogP contribution >= 0.6 is 11.3 Å². The highest BCUT2D eigenvalue weighted by Gasteiger charge is 2.20. The van der Waals surface area contributed by atoms with Gasteiger partial charge < -0.3 is 9.15 Å². The van der Waals surface area contributed by atoms with Crippen LogP contribution in [0.3, 0.4) is 0 Å². The SMILES string of the molecule is C[C@@H](OC(=O)Cc1n[nH]c(=O)c2ccccc12)c1nnc(-c2cccs2)o1. The van der Waals surface area contributed by atoms with Crippen LogP contribution in [-0.4, -0.2) is 26.4 Å². The molecule has 0 spiro atoms. The number of carbonyl (C=O) groups is 1. The largest absolute Gasteiger partial charge is 0.452 e. The van der Waals surface area contributed by atoms with Gasteiger partial charge in [-0.3, -0.25) is 9.59 Å². The lowest BCUT2D eigenvalue weighted by atomic mass is 10.1. The number of hydrogen-bond donors (Lipinski definition) is 1. The number of aromatic amines is 1. The van der Waals surface area contributed by atoms with Gasteiger partial charge in [0.05, 0.1) is 22.4 Å². The Labute approximate surface area is 156 Å². The number of benzene rings is 1. The number of H-pyrrole nitrogens is 1. The normalized spacial score (nSPS) is 12.2. The molecule has 9 heteroatoms. The van der Waals surface area contributed by atoms with Gasteiger partial charge in [0, 0.05) is 5.39 Å². The van der Waals surface area contributed by atoms with Crippen LogP contribution in [0.2, 0.25) is 0 Å². The van der Waals surface area contributed by atoms with Gasteiger partial charge in [-0.05, 0) is 24.4 Å². The van der Waals surface area contributed by atoms with E-state index in [0.717, 1.165) is 4.88 Å². The van der Waals surface area contributed by atoms with Gasteiger partial charge in [-0.2, -0.15) is 5.10 Å². The first-order valence-electron chi connectivity index (χ1n) is 8.15. The minimum Gasteiger partial charge on any atom is -0.452 e. The van der Waals surface area contributed by atoms with Gasteiger partial charge in [0.15, 0.2) is 6.10 Å². The summed E-state index contributed by atoms with van der Waals surface area (Å²) in [4.78, 5) is 25.0. The summed E-state index contributed by atoms with van der Waals surface area (Å²) >= 11 is 1.48. The Balaban J connectivity index is 1.48. The van der Waals surface area contributed by atoms with E-state index in [1.165, 1.54) is 11.3 Å². The van der Waals surface area contributed by atoms with Crippen molar-refractivity contribution in [2.24, 2.45) is 0 Å². The second-order valence-electron chi connectivity index (χ2n) is 5.78. The maximum atomic E-state index is 12.3. The number of rotatable bonds is 5. The van der Waals surface area contributed by atoms with Crippen LogP contribution in [0.25, 0.3) is 21.5 Å². The zero-order valence-corrected chi connectivity index (χ0v) is 15.0. The second kappa shape index (κ2) is 7.12. The van der Waals surface area contributed by atoms with Gasteiger partial charge in [-0.1, -0.05) is 24.3 Å². The quantitative estimate of drug-likeness (QED) is 0.528. The van der Waals surface area contributed by atoms with Crippen molar-refractivity contribution < 1.29 is 13.9 Å². The molecule has 3 heterocycles. The number of fused-ring (bicyclic) bond motifs is 1. The lowest BCUT2D eigenvalue weighted by molar-refractivity contribution is -0.148. The van der Waals surface area contributed by atoms with E-state index >= 15 is 0 Å². The van der Waals surface area contributed by atoms with Gasteiger partial charge in [0.1, 0.15) is 0 Å². The van der Waals surface area contributed by atoms with Crippen molar-refractivity contribution in [2.45, 2.75) is 19.4 Å². The van der Waals surface area contributed by atoms with E-state index in [-0.39, 0.29) is 17.9 Å². The van der Waals surface area contributed by atoms with Crippen molar-refractivity contribution in [3.63, 3.8) is 0 Å². The minimum absolute atomic E-state index is 0.0897. The van der Waals surface area contributed by atoms with Crippen molar-refractivity contribution in [1.29, 1.82) is 0 Å². The molecule has 0 saturated carbocycles. The first-order chi connectivity index (χ1) is 13.1. The Morgan fingerprint density at radius 2 is 2.04 bits per heavy atom. The molecule has 1 aromatic carbocycles. The summed E-state index contributed by atoms with van der Waals surface area (Å²) < 4.78 is 11.0. The van der Waals surface area contributed by atoms with Crippen molar-refractivity contribution in [3.05, 3.63) is 63.7 Å². The van der Waals surface area contributed by atoms with E-state index in [0.29, 0.717) is 22.4 Å². The van der Waals surface area contributed by atoms with Crippen LogP contribution in [0.5, 0.6) is 0 Å². The predicted molar refractivity (Wildman–Crippen MR) is 98.2 cm³/mol. The molecule has 1 atom stereocenters. The van der Waals surface area contributed by atoms with Gasteiger partial charge in [-0.15, -0.1) is 21.5 Å². The number of aromatic nitrogens is 4. The number of hydrogen-bond acceptors (Lipinski definition) is 8. The number of esters is 1. The molecule has 0 unspecified atom stereocenters. The van der Waals surface area contributed by atoms with Gasteiger partial charge in [-0.25, -0.2) is 5.10 Å². The van der Waals surface area contributed by atoms with Crippen LogP contribution < -0.4 is 5.56 Å². The van der Waals surface area contributed by atoms with Gasteiger partial charge >= 0.3 is 5.97 Å². The third-order valence-electron chi connectivity index (χ3n) is 3.92. The topological polar surface area (TPSA) is 111 Å². The third-order valence-corrected chi connectivity index (χ3v) is 4.77. The van der Waals surface area contributed by atoms with Crippen LogP contribution in [-0.2, 0) is 16.0 Å². The molecule has 27 heavy (non-hydrogen) atoms. The van der Waals surface area contributed by atoms with E-state index in [1.54, 1.807) is 31.2 Å². The molecule has 0 aliphatic heterocycles. The van der Waals surface area contributed by atoms with Gasteiger partial charge in [0.25, 0.3) is 17.3 Å². The molecule has 1 N–H and O–H groups in total. The molecule has 0 aliphatic rings. The Bertz CT molecular complexity index is 1150. The molecule has 0 fully saturated rings. The summed E-state index contributed by atoms with van der Waals surface area (Å²) in [6, 6.07) is 10.7. The number of ether oxygens (including phenoxy) is 1. The van der Waals surface area contributed by atoms with E-state index in [4.69, 9.17) is 9.15 Å². The smallest absolute Gasteiger partial charge is 0.312 e.